The third-order valence-corrected chi connectivity index (χ3v) is 8.91. The van der Waals surface area contributed by atoms with Gasteiger partial charge in [-0.05, 0) is 50.4 Å². The lowest BCUT2D eigenvalue weighted by Gasteiger charge is -2.43. The summed E-state index contributed by atoms with van der Waals surface area (Å²) in [5, 5.41) is 13.3. The van der Waals surface area contributed by atoms with Gasteiger partial charge in [0.15, 0.2) is 0 Å². The molecule has 0 spiro atoms. The van der Waals surface area contributed by atoms with Gasteiger partial charge in [-0.25, -0.2) is 8.42 Å². The first-order valence-corrected chi connectivity index (χ1v) is 14.3. The number of fused-ring (bicyclic) bond motifs is 1. The van der Waals surface area contributed by atoms with Crippen molar-refractivity contribution < 1.29 is 32.5 Å². The number of nitrogens with zero attached hydrogens (tertiary/aromatic N) is 2. The lowest BCUT2D eigenvalue weighted by molar-refractivity contribution is -0.146. The number of benzene rings is 1. The molecule has 1 aromatic rings. The predicted molar refractivity (Wildman–Crippen MR) is 133 cm³/mol. The molecule has 3 saturated heterocycles. The molecule has 4 atom stereocenters. The molecule has 3 fully saturated rings. The van der Waals surface area contributed by atoms with Crippen LogP contribution in [0.5, 0.6) is 0 Å². The zero-order valence-electron chi connectivity index (χ0n) is 21.0. The van der Waals surface area contributed by atoms with E-state index in [4.69, 9.17) is 14.2 Å². The van der Waals surface area contributed by atoms with Gasteiger partial charge in [0.05, 0.1) is 62.1 Å². The van der Waals surface area contributed by atoms with Crippen LogP contribution in [-0.2, 0) is 29.0 Å². The van der Waals surface area contributed by atoms with Crippen molar-refractivity contribution in [2.75, 3.05) is 59.2 Å². The Hall–Kier alpha value is -1.60. The minimum absolute atomic E-state index is 0.0285. The highest BCUT2D eigenvalue weighted by Gasteiger charge is 2.43. The zero-order valence-corrected chi connectivity index (χ0v) is 21.8. The molecule has 0 saturated carbocycles. The summed E-state index contributed by atoms with van der Waals surface area (Å²) in [6.45, 7) is 6.92. The van der Waals surface area contributed by atoms with Gasteiger partial charge in [0.25, 0.3) is 0 Å². The van der Waals surface area contributed by atoms with Gasteiger partial charge in [0, 0.05) is 26.2 Å². The first-order valence-electron chi connectivity index (χ1n) is 12.9. The minimum Gasteiger partial charge on any atom is -0.389 e. The van der Waals surface area contributed by atoms with E-state index >= 15 is 0 Å². The second-order valence-electron chi connectivity index (χ2n) is 9.89. The molecule has 3 heterocycles. The number of aliphatic hydroxyl groups is 1. The number of carbonyl (C=O) groups is 1. The number of ether oxygens (including phenoxy) is 3. The van der Waals surface area contributed by atoms with Crippen molar-refractivity contribution in [2.24, 2.45) is 0 Å². The Balaban J connectivity index is 1.33. The van der Waals surface area contributed by atoms with Crippen molar-refractivity contribution >= 4 is 15.9 Å². The number of hydrogen-bond acceptors (Lipinski definition) is 8. The molecule has 0 bridgehead atoms. The molecule has 11 heteroatoms. The highest BCUT2D eigenvalue weighted by Crippen LogP contribution is 2.31. The van der Waals surface area contributed by atoms with Crippen molar-refractivity contribution in [3.05, 3.63) is 29.8 Å². The molecule has 0 aromatic heterocycles. The van der Waals surface area contributed by atoms with Gasteiger partial charge in [-0.1, -0.05) is 12.1 Å². The molecule has 1 aromatic carbocycles. The summed E-state index contributed by atoms with van der Waals surface area (Å²) in [5.41, 5.74) is 0.847. The lowest BCUT2D eigenvalue weighted by atomic mass is 9.96. The van der Waals surface area contributed by atoms with Crippen molar-refractivity contribution in [1.82, 2.24) is 14.5 Å². The Labute approximate surface area is 213 Å². The average molecular weight is 526 g/mol. The Morgan fingerprint density at radius 3 is 2.75 bits per heavy atom. The smallest absolute Gasteiger partial charge is 0.243 e. The largest absolute Gasteiger partial charge is 0.389 e. The molecule has 2 N–H and O–H groups in total. The van der Waals surface area contributed by atoms with Crippen molar-refractivity contribution in [3.8, 4) is 0 Å². The molecule has 36 heavy (non-hydrogen) atoms. The van der Waals surface area contributed by atoms with Gasteiger partial charge < -0.3 is 24.6 Å². The highest BCUT2D eigenvalue weighted by molar-refractivity contribution is 7.89. The van der Waals surface area contributed by atoms with Crippen LogP contribution in [0.2, 0.25) is 0 Å². The second kappa shape index (κ2) is 12.8. The number of morpholine rings is 1. The van der Waals surface area contributed by atoms with Crippen molar-refractivity contribution in [1.29, 1.82) is 0 Å². The second-order valence-corrected chi connectivity index (χ2v) is 11.8. The van der Waals surface area contributed by atoms with Crippen LogP contribution in [0.3, 0.4) is 0 Å². The zero-order chi connectivity index (χ0) is 25.5. The summed E-state index contributed by atoms with van der Waals surface area (Å²) in [6.07, 6.45) is 0.454. The molecule has 10 nitrogen and oxygen atoms in total. The number of aryl methyl sites for hydroxylation is 1. The number of nitrogens with one attached hydrogen (secondary N) is 1. The van der Waals surface area contributed by atoms with Crippen LogP contribution in [0.15, 0.2) is 29.2 Å². The Morgan fingerprint density at radius 1 is 1.17 bits per heavy atom. The minimum atomic E-state index is -3.85. The van der Waals surface area contributed by atoms with Gasteiger partial charge >= 0.3 is 0 Å². The molecular formula is C25H39N3O7S. The molecule has 4 rings (SSSR count). The molecule has 0 unspecified atom stereocenters. The third-order valence-electron chi connectivity index (χ3n) is 7.02. The van der Waals surface area contributed by atoms with Gasteiger partial charge in [-0.2, -0.15) is 4.31 Å². The fourth-order valence-electron chi connectivity index (χ4n) is 5.12. The molecule has 0 radical (unpaired) electrons. The predicted octanol–water partition coefficient (Wildman–Crippen LogP) is 0.522. The number of rotatable bonds is 8. The monoisotopic (exact) mass is 525 g/mol. The number of sulfonamides is 1. The molecule has 3 aliphatic heterocycles. The third kappa shape index (κ3) is 7.25. The lowest BCUT2D eigenvalue weighted by Crippen LogP contribution is -2.57. The Bertz CT molecular complexity index is 970. The summed E-state index contributed by atoms with van der Waals surface area (Å²) in [5.74, 6) is -0.0631. The summed E-state index contributed by atoms with van der Waals surface area (Å²) in [7, 11) is -3.85. The van der Waals surface area contributed by atoms with E-state index in [2.05, 4.69) is 10.2 Å². The van der Waals surface area contributed by atoms with E-state index in [0.29, 0.717) is 19.4 Å². The molecule has 3 aliphatic rings. The number of β-amino-alcohol motifs (C(OH)–C–C–N with tert-alkyl or cyclic N) is 1. The van der Waals surface area contributed by atoms with Gasteiger partial charge in [0.2, 0.25) is 15.9 Å². The Morgan fingerprint density at radius 2 is 1.97 bits per heavy atom. The molecular weight excluding hydrogens is 486 g/mol. The van der Waals surface area contributed by atoms with E-state index in [9.17, 15) is 18.3 Å². The number of amides is 1. The summed E-state index contributed by atoms with van der Waals surface area (Å²) in [6, 6.07) is 6.31. The van der Waals surface area contributed by atoms with E-state index in [1.54, 1.807) is 18.2 Å². The number of hydrogen-bond donors (Lipinski definition) is 2. The molecule has 1 amide bonds. The maximum absolute atomic E-state index is 13.6. The summed E-state index contributed by atoms with van der Waals surface area (Å²) < 4.78 is 45.7. The van der Waals surface area contributed by atoms with Crippen LogP contribution in [0.4, 0.5) is 0 Å². The fourth-order valence-corrected chi connectivity index (χ4v) is 6.94. The van der Waals surface area contributed by atoms with E-state index in [0.717, 1.165) is 44.8 Å². The molecule has 202 valence electrons. The topological polar surface area (TPSA) is 118 Å². The van der Waals surface area contributed by atoms with E-state index < -0.39 is 28.3 Å². The van der Waals surface area contributed by atoms with E-state index in [1.165, 1.54) is 4.31 Å². The standard InChI is InChI=1S/C25H39N3O7S/c1-19-4-2-5-22(14-19)36(31,32)28-16-20(29)17-34-18-24-23(28)7-6-21(35-24)15-25(30)26-8-3-9-27-10-12-33-13-11-27/h2,4-5,14,20-21,23-24,29H,3,6-13,15-18H2,1H3,(H,26,30)/t20-,21-,23+,24-/m0/s1. The Kier molecular flexibility index (Phi) is 9.73. The SMILES string of the molecule is Cc1cccc(S(=O)(=O)N2C[C@H](O)COC[C@@H]3O[C@H](CC(=O)NCCCN4CCOCC4)CC[C@H]32)c1. The summed E-state index contributed by atoms with van der Waals surface area (Å²) in [4.78, 5) is 15.1. The first kappa shape index (κ1) is 27.4. The number of carbonyl (C=O) groups excluding carboxylic acids is 1. The van der Waals surface area contributed by atoms with Crippen LogP contribution in [0, 0.1) is 6.92 Å². The van der Waals surface area contributed by atoms with Crippen LogP contribution >= 0.6 is 0 Å². The first-order chi connectivity index (χ1) is 17.3. The van der Waals surface area contributed by atoms with E-state index in [-0.39, 0.29) is 43.1 Å². The number of aliphatic hydroxyl groups excluding tert-OH is 1. The van der Waals surface area contributed by atoms with Crippen molar-refractivity contribution in [3.63, 3.8) is 0 Å². The molecule has 0 aliphatic carbocycles. The van der Waals surface area contributed by atoms with Gasteiger partial charge in [0.1, 0.15) is 0 Å². The van der Waals surface area contributed by atoms with Gasteiger partial charge in [-0.15, -0.1) is 0 Å². The average Bonchev–Trinajstić information content (AvgIpc) is 2.85. The quantitative estimate of drug-likeness (QED) is 0.472. The van der Waals surface area contributed by atoms with E-state index in [1.807, 2.05) is 13.0 Å². The summed E-state index contributed by atoms with van der Waals surface area (Å²) >= 11 is 0. The van der Waals surface area contributed by atoms with Crippen LogP contribution in [0.25, 0.3) is 0 Å². The normalized spacial score (nSPS) is 28.6. The maximum Gasteiger partial charge on any atom is 0.243 e. The van der Waals surface area contributed by atoms with Crippen LogP contribution < -0.4 is 5.32 Å². The van der Waals surface area contributed by atoms with Crippen molar-refractivity contribution in [2.45, 2.75) is 61.9 Å². The van der Waals surface area contributed by atoms with Gasteiger partial charge in [-0.3, -0.25) is 9.69 Å². The fraction of sp³-hybridized carbons (Fsp3) is 0.720. The van der Waals surface area contributed by atoms with Crippen LogP contribution in [-0.4, -0.2) is 112 Å². The highest BCUT2D eigenvalue weighted by atomic mass is 32.2. The van der Waals surface area contributed by atoms with Crippen LogP contribution in [0.1, 0.15) is 31.2 Å². The maximum atomic E-state index is 13.6.